The van der Waals surface area contributed by atoms with Crippen LogP contribution in [0.25, 0.3) is 16.5 Å². The second-order valence-electron chi connectivity index (χ2n) is 6.85. The van der Waals surface area contributed by atoms with Gasteiger partial charge >= 0.3 is 0 Å². The van der Waals surface area contributed by atoms with Gasteiger partial charge in [0.05, 0.1) is 11.7 Å². The van der Waals surface area contributed by atoms with E-state index in [1.807, 2.05) is 43.3 Å². The van der Waals surface area contributed by atoms with Crippen LogP contribution in [-0.2, 0) is 4.79 Å². The van der Waals surface area contributed by atoms with Gasteiger partial charge in [-0.2, -0.15) is 0 Å². The number of carbonyl (C=O) groups excluding carboxylic acids is 1. The first-order chi connectivity index (χ1) is 13.0. The van der Waals surface area contributed by atoms with Crippen molar-refractivity contribution >= 4 is 39.6 Å². The molecule has 1 aliphatic heterocycles. The van der Waals surface area contributed by atoms with Gasteiger partial charge in [-0.25, -0.2) is 0 Å². The molecule has 2 N–H and O–H groups in total. The van der Waals surface area contributed by atoms with Crippen LogP contribution in [0.4, 0.5) is 0 Å². The van der Waals surface area contributed by atoms with Crippen molar-refractivity contribution in [3.8, 4) is 0 Å². The Kier molecular flexibility index (Phi) is 4.50. The lowest BCUT2D eigenvalue weighted by atomic mass is 9.89. The predicted octanol–water partition coefficient (Wildman–Crippen LogP) is 4.67. The minimum Gasteiger partial charge on any atom is -0.351 e. The van der Waals surface area contributed by atoms with Crippen LogP contribution in [0.1, 0.15) is 29.7 Å². The highest BCUT2D eigenvalue weighted by Crippen LogP contribution is 2.33. The van der Waals surface area contributed by atoms with E-state index in [0.29, 0.717) is 10.7 Å². The Balaban J connectivity index is 1.88. The SMILES string of the molecule is CC(=O)C1=C(c2ccc(C)cc2)NC(=S)N[C@@H]1c1ccc2ccccc2c1. The first-order valence-corrected chi connectivity index (χ1v) is 9.32. The van der Waals surface area contributed by atoms with Crippen LogP contribution < -0.4 is 10.6 Å². The van der Waals surface area contributed by atoms with Crippen molar-refractivity contribution in [3.63, 3.8) is 0 Å². The van der Waals surface area contributed by atoms with E-state index < -0.39 is 0 Å². The number of carbonyl (C=O) groups is 1. The minimum absolute atomic E-state index is 0.0197. The van der Waals surface area contributed by atoms with Crippen LogP contribution >= 0.6 is 12.2 Å². The summed E-state index contributed by atoms with van der Waals surface area (Å²) in [5.74, 6) is 0.0197. The van der Waals surface area contributed by atoms with Crippen molar-refractivity contribution < 1.29 is 4.79 Å². The minimum atomic E-state index is -0.280. The Hall–Kier alpha value is -2.98. The van der Waals surface area contributed by atoms with E-state index in [1.165, 1.54) is 10.9 Å². The molecule has 1 heterocycles. The second-order valence-corrected chi connectivity index (χ2v) is 7.26. The van der Waals surface area contributed by atoms with E-state index in [1.54, 1.807) is 6.92 Å². The van der Waals surface area contributed by atoms with Crippen molar-refractivity contribution in [3.05, 3.63) is 89.0 Å². The fraction of sp³-hybridized carbons (Fsp3) is 0.130. The summed E-state index contributed by atoms with van der Waals surface area (Å²) in [6.07, 6.45) is 0. The third kappa shape index (κ3) is 3.36. The van der Waals surface area contributed by atoms with Gasteiger partial charge in [-0.1, -0.05) is 66.2 Å². The standard InChI is InChI=1S/C23H20N2OS/c1-14-7-9-17(10-8-14)21-20(15(2)26)22(25-23(27)24-21)19-12-11-16-5-3-4-6-18(16)13-19/h3-13,22H,1-2H3,(H2,24,25,27)/t22-/m1/s1. The fourth-order valence-electron chi connectivity index (χ4n) is 3.53. The number of Topliss-reactive ketones (excluding diaryl/α,β-unsaturated/α-hetero) is 1. The van der Waals surface area contributed by atoms with Crippen molar-refractivity contribution in [2.45, 2.75) is 19.9 Å². The van der Waals surface area contributed by atoms with E-state index in [2.05, 4.69) is 41.0 Å². The molecule has 0 fully saturated rings. The molecule has 0 aromatic heterocycles. The number of thiocarbonyl (C=S) groups is 1. The number of fused-ring (bicyclic) bond motifs is 1. The first-order valence-electron chi connectivity index (χ1n) is 8.91. The third-order valence-electron chi connectivity index (χ3n) is 4.90. The lowest BCUT2D eigenvalue weighted by Gasteiger charge is -2.31. The normalized spacial score (nSPS) is 16.8. The average molecular weight is 372 g/mol. The summed E-state index contributed by atoms with van der Waals surface area (Å²) in [5.41, 5.74) is 4.63. The average Bonchev–Trinajstić information content (AvgIpc) is 2.67. The summed E-state index contributed by atoms with van der Waals surface area (Å²) in [6.45, 7) is 3.65. The number of hydrogen-bond donors (Lipinski definition) is 2. The van der Waals surface area contributed by atoms with Gasteiger partial charge in [0.1, 0.15) is 0 Å². The van der Waals surface area contributed by atoms with Crippen LogP contribution in [0, 0.1) is 6.92 Å². The summed E-state index contributed by atoms with van der Waals surface area (Å²) in [7, 11) is 0. The van der Waals surface area contributed by atoms with Gasteiger partial charge in [0.15, 0.2) is 10.9 Å². The predicted molar refractivity (Wildman–Crippen MR) is 114 cm³/mol. The van der Waals surface area contributed by atoms with Crippen molar-refractivity contribution in [2.24, 2.45) is 0 Å². The maximum Gasteiger partial charge on any atom is 0.171 e. The molecule has 0 saturated carbocycles. The summed E-state index contributed by atoms with van der Waals surface area (Å²) < 4.78 is 0. The molecule has 0 spiro atoms. The Morgan fingerprint density at radius 1 is 0.963 bits per heavy atom. The molecule has 1 atom stereocenters. The van der Waals surface area contributed by atoms with Gasteiger partial charge in [-0.05, 0) is 54.0 Å². The molecule has 3 aromatic rings. The smallest absolute Gasteiger partial charge is 0.171 e. The number of benzene rings is 3. The fourth-order valence-corrected chi connectivity index (χ4v) is 3.75. The monoisotopic (exact) mass is 372 g/mol. The molecular weight excluding hydrogens is 352 g/mol. The second kappa shape index (κ2) is 6.97. The molecule has 0 amide bonds. The van der Waals surface area contributed by atoms with Crippen LogP contribution in [0.15, 0.2) is 72.3 Å². The topological polar surface area (TPSA) is 41.1 Å². The molecule has 0 radical (unpaired) electrons. The lowest BCUT2D eigenvalue weighted by molar-refractivity contribution is -0.113. The lowest BCUT2D eigenvalue weighted by Crippen LogP contribution is -2.44. The van der Waals surface area contributed by atoms with E-state index in [9.17, 15) is 4.79 Å². The largest absolute Gasteiger partial charge is 0.351 e. The van der Waals surface area contributed by atoms with E-state index in [0.717, 1.165) is 22.2 Å². The van der Waals surface area contributed by atoms with Crippen LogP contribution in [-0.4, -0.2) is 10.9 Å². The van der Waals surface area contributed by atoms with Crippen LogP contribution in [0.2, 0.25) is 0 Å². The van der Waals surface area contributed by atoms with Crippen molar-refractivity contribution in [2.75, 3.05) is 0 Å². The molecule has 0 aliphatic carbocycles. The number of hydrogen-bond acceptors (Lipinski definition) is 2. The molecular formula is C23H20N2OS. The zero-order valence-corrected chi connectivity index (χ0v) is 16.1. The molecule has 3 nitrogen and oxygen atoms in total. The molecule has 0 bridgehead atoms. The summed E-state index contributed by atoms with van der Waals surface area (Å²) in [6, 6.07) is 22.3. The highest BCUT2D eigenvalue weighted by molar-refractivity contribution is 7.80. The first kappa shape index (κ1) is 17.4. The van der Waals surface area contributed by atoms with E-state index >= 15 is 0 Å². The molecule has 4 heteroatoms. The van der Waals surface area contributed by atoms with E-state index in [4.69, 9.17) is 12.2 Å². The molecule has 4 rings (SSSR count). The Morgan fingerprint density at radius 2 is 1.67 bits per heavy atom. The van der Waals surface area contributed by atoms with Crippen LogP contribution in [0.5, 0.6) is 0 Å². The Bertz CT molecular complexity index is 1080. The third-order valence-corrected chi connectivity index (χ3v) is 5.12. The maximum atomic E-state index is 12.6. The number of aryl methyl sites for hydroxylation is 1. The van der Waals surface area contributed by atoms with Crippen molar-refractivity contribution in [1.29, 1.82) is 0 Å². The Morgan fingerprint density at radius 3 is 2.37 bits per heavy atom. The van der Waals surface area contributed by atoms with Gasteiger partial charge in [0, 0.05) is 5.57 Å². The number of ketones is 1. The Labute approximate surface area is 164 Å². The molecule has 0 saturated heterocycles. The summed E-state index contributed by atoms with van der Waals surface area (Å²) in [5, 5.41) is 9.31. The number of nitrogens with one attached hydrogen (secondary N) is 2. The maximum absolute atomic E-state index is 12.6. The molecule has 134 valence electrons. The molecule has 3 aromatic carbocycles. The van der Waals surface area contributed by atoms with Crippen molar-refractivity contribution in [1.82, 2.24) is 10.6 Å². The van der Waals surface area contributed by atoms with Crippen LogP contribution in [0.3, 0.4) is 0 Å². The highest BCUT2D eigenvalue weighted by atomic mass is 32.1. The highest BCUT2D eigenvalue weighted by Gasteiger charge is 2.30. The van der Waals surface area contributed by atoms with Gasteiger partial charge < -0.3 is 10.6 Å². The molecule has 1 aliphatic rings. The van der Waals surface area contributed by atoms with E-state index in [-0.39, 0.29) is 11.8 Å². The zero-order valence-electron chi connectivity index (χ0n) is 15.2. The zero-order chi connectivity index (χ0) is 19.0. The quantitative estimate of drug-likeness (QED) is 0.656. The summed E-state index contributed by atoms with van der Waals surface area (Å²) >= 11 is 5.45. The molecule has 0 unspecified atom stereocenters. The molecule has 27 heavy (non-hydrogen) atoms. The van der Waals surface area contributed by atoms with Gasteiger partial charge in [0.25, 0.3) is 0 Å². The summed E-state index contributed by atoms with van der Waals surface area (Å²) in [4.78, 5) is 12.6. The van der Waals surface area contributed by atoms with Gasteiger partial charge in [0.2, 0.25) is 0 Å². The number of rotatable bonds is 3. The van der Waals surface area contributed by atoms with Gasteiger partial charge in [-0.3, -0.25) is 4.79 Å². The van der Waals surface area contributed by atoms with Gasteiger partial charge in [-0.15, -0.1) is 0 Å².